The van der Waals surface area contributed by atoms with E-state index in [9.17, 15) is 4.79 Å². The van der Waals surface area contributed by atoms with Crippen molar-refractivity contribution in [3.8, 4) is 11.7 Å². The van der Waals surface area contributed by atoms with Gasteiger partial charge in [0, 0.05) is 19.0 Å². The second-order valence-corrected chi connectivity index (χ2v) is 8.03. The second kappa shape index (κ2) is 9.25. The normalized spacial score (nSPS) is 24.1. The Hall–Kier alpha value is -2.94. The number of allylic oxidation sites excluding steroid dienone is 2. The van der Waals surface area contributed by atoms with Crippen LogP contribution in [-0.4, -0.2) is 39.2 Å². The Bertz CT molecular complexity index is 896. The lowest BCUT2D eigenvalue weighted by Crippen LogP contribution is -2.48. The van der Waals surface area contributed by atoms with E-state index in [4.69, 9.17) is 18.8 Å². The van der Waals surface area contributed by atoms with Gasteiger partial charge in [-0.15, -0.1) is 0 Å². The van der Waals surface area contributed by atoms with Gasteiger partial charge in [0.15, 0.2) is 11.6 Å². The van der Waals surface area contributed by atoms with Crippen LogP contribution in [-0.2, 0) is 16.1 Å². The van der Waals surface area contributed by atoms with Crippen LogP contribution in [0.15, 0.2) is 39.0 Å². The zero-order chi connectivity index (χ0) is 21.7. The summed E-state index contributed by atoms with van der Waals surface area (Å²) in [4.78, 5) is 26.4. The molecular weight excluding hydrogens is 388 g/mol. The van der Waals surface area contributed by atoms with Crippen molar-refractivity contribution in [3.05, 3.63) is 35.9 Å². The number of fused-ring (bicyclic) bond motifs is 2. The van der Waals surface area contributed by atoms with E-state index in [1.807, 2.05) is 0 Å². The number of furan rings is 1. The molecule has 2 aromatic rings. The molecule has 3 atom stereocenters. The first-order chi connectivity index (χ1) is 14.3. The third-order valence-electron chi connectivity index (χ3n) is 5.45. The summed E-state index contributed by atoms with van der Waals surface area (Å²) in [5.74, 6) is 0.518. The van der Waals surface area contributed by atoms with Crippen LogP contribution < -0.4 is 10.6 Å². The van der Waals surface area contributed by atoms with Gasteiger partial charge in [-0.1, -0.05) is 16.8 Å². The van der Waals surface area contributed by atoms with Crippen LogP contribution >= 0.6 is 0 Å². The molecule has 2 saturated heterocycles. The van der Waals surface area contributed by atoms with Gasteiger partial charge >= 0.3 is 0 Å². The predicted octanol–water partition coefficient (Wildman–Crippen LogP) is 2.90. The Morgan fingerprint density at radius 3 is 2.70 bits per heavy atom. The monoisotopic (exact) mass is 416 g/mol. The molecule has 2 bridgehead atoms. The molecule has 0 unspecified atom stereocenters. The smallest absolute Gasteiger partial charge is 0.300 e. The maximum Gasteiger partial charge on any atom is 0.300 e. The number of aromatic nitrogens is 2. The molecule has 2 aromatic heterocycles. The summed E-state index contributed by atoms with van der Waals surface area (Å²) < 4.78 is 10.4. The van der Waals surface area contributed by atoms with Crippen molar-refractivity contribution in [1.29, 1.82) is 0 Å². The molecule has 0 saturated carbocycles. The molecule has 0 aromatic carbocycles. The number of nitrogens with one attached hydrogen (secondary N) is 2. The summed E-state index contributed by atoms with van der Waals surface area (Å²) in [5, 5.41) is 18.0. The summed E-state index contributed by atoms with van der Waals surface area (Å²) in [6.45, 7) is 5.47. The molecule has 4 rings (SSSR count). The minimum atomic E-state index is -0.833. The van der Waals surface area contributed by atoms with Gasteiger partial charge in [-0.25, -0.2) is 0 Å². The van der Waals surface area contributed by atoms with E-state index in [1.165, 1.54) is 5.57 Å². The fourth-order valence-electron chi connectivity index (χ4n) is 4.11. The van der Waals surface area contributed by atoms with Crippen LogP contribution in [0.5, 0.6) is 0 Å². The predicted molar refractivity (Wildman–Crippen MR) is 108 cm³/mol. The third-order valence-corrected chi connectivity index (χ3v) is 5.45. The number of carbonyl (C=O) groups is 2. The van der Waals surface area contributed by atoms with Gasteiger partial charge in [0.2, 0.25) is 5.91 Å². The number of carbonyl (C=O) groups excluding carboxylic acids is 1. The molecule has 3 N–H and O–H groups in total. The molecule has 1 amide bonds. The van der Waals surface area contributed by atoms with Crippen LogP contribution in [0.2, 0.25) is 0 Å². The molecule has 4 heterocycles. The van der Waals surface area contributed by atoms with E-state index in [-0.39, 0.29) is 23.9 Å². The zero-order valence-electron chi connectivity index (χ0n) is 17.5. The largest absolute Gasteiger partial charge is 0.481 e. The van der Waals surface area contributed by atoms with Crippen molar-refractivity contribution in [2.75, 3.05) is 0 Å². The number of carboxylic acid groups (broad SMARTS) is 1. The molecule has 0 radical (unpaired) electrons. The lowest BCUT2D eigenvalue weighted by atomic mass is 9.70. The molecule has 2 aliphatic heterocycles. The summed E-state index contributed by atoms with van der Waals surface area (Å²) in [6.07, 6.45) is 7.59. The van der Waals surface area contributed by atoms with E-state index in [0.717, 1.165) is 32.6 Å². The third kappa shape index (κ3) is 4.96. The molecular formula is C21H28N4O5. The minimum Gasteiger partial charge on any atom is -0.481 e. The lowest BCUT2D eigenvalue weighted by Gasteiger charge is -2.34. The van der Waals surface area contributed by atoms with Gasteiger partial charge in [-0.2, -0.15) is 4.98 Å². The molecule has 162 valence electrons. The summed E-state index contributed by atoms with van der Waals surface area (Å²) in [7, 11) is 0. The average molecular weight is 416 g/mol. The highest BCUT2D eigenvalue weighted by Gasteiger charge is 2.54. The maximum absolute atomic E-state index is 13.1. The molecule has 9 heteroatoms. The van der Waals surface area contributed by atoms with Crippen LogP contribution in [0.3, 0.4) is 0 Å². The van der Waals surface area contributed by atoms with E-state index in [1.54, 1.807) is 18.4 Å². The molecule has 0 spiro atoms. The van der Waals surface area contributed by atoms with E-state index in [2.05, 4.69) is 40.7 Å². The van der Waals surface area contributed by atoms with Crippen molar-refractivity contribution in [2.45, 2.75) is 65.1 Å². The maximum atomic E-state index is 13.1. The van der Waals surface area contributed by atoms with Crippen LogP contribution in [0, 0.1) is 5.41 Å². The molecule has 9 nitrogen and oxygen atoms in total. The zero-order valence-corrected chi connectivity index (χ0v) is 17.5. The van der Waals surface area contributed by atoms with Gasteiger partial charge in [0.1, 0.15) is 0 Å². The number of nitrogens with zero attached hydrogens (tertiary/aromatic N) is 2. The van der Waals surface area contributed by atoms with Crippen molar-refractivity contribution >= 4 is 11.9 Å². The number of hydrogen-bond donors (Lipinski definition) is 3. The first-order valence-electron chi connectivity index (χ1n) is 10.0. The number of hydrogen-bond acceptors (Lipinski definition) is 7. The van der Waals surface area contributed by atoms with Crippen LogP contribution in [0.1, 0.15) is 52.3 Å². The standard InChI is InChI=1S/C19H24N4O3.C2H4O2/c1-12(2)7-8-19(10-13-5-6-15(19)21-13)18(24)20-11-16-22-17(26-23-16)14-4-3-9-25-14;1-2(3)4/h3-4,7,9,13,15,21H,5-6,8,10-11H2,1-2H3,(H,20,24);1H3,(H,3,4)/t13-,15+,19+;/m0./s1. The highest BCUT2D eigenvalue weighted by molar-refractivity contribution is 5.84. The quantitative estimate of drug-likeness (QED) is 0.613. The summed E-state index contributed by atoms with van der Waals surface area (Å²) in [5.41, 5.74) is 0.856. The number of aliphatic carboxylic acids is 1. The van der Waals surface area contributed by atoms with Crippen molar-refractivity contribution < 1.29 is 23.6 Å². The summed E-state index contributed by atoms with van der Waals surface area (Å²) >= 11 is 0. The summed E-state index contributed by atoms with van der Waals surface area (Å²) in [6, 6.07) is 4.21. The van der Waals surface area contributed by atoms with Crippen LogP contribution in [0.25, 0.3) is 11.7 Å². The minimum absolute atomic E-state index is 0.0686. The Labute approximate surface area is 174 Å². The van der Waals surface area contributed by atoms with Gasteiger partial charge in [-0.3, -0.25) is 9.59 Å². The van der Waals surface area contributed by atoms with E-state index >= 15 is 0 Å². The number of amides is 1. The fourth-order valence-corrected chi connectivity index (χ4v) is 4.11. The van der Waals surface area contributed by atoms with Gasteiger partial charge in [0.05, 0.1) is 18.2 Å². The molecule has 30 heavy (non-hydrogen) atoms. The van der Waals surface area contributed by atoms with Gasteiger partial charge < -0.3 is 24.7 Å². The molecule has 0 aliphatic carbocycles. The van der Waals surface area contributed by atoms with Crippen LogP contribution in [0.4, 0.5) is 0 Å². The topological polar surface area (TPSA) is 130 Å². The second-order valence-electron chi connectivity index (χ2n) is 8.03. The van der Waals surface area contributed by atoms with E-state index < -0.39 is 5.97 Å². The molecule has 2 fully saturated rings. The van der Waals surface area contributed by atoms with Gasteiger partial charge in [-0.05, 0) is 51.7 Å². The Morgan fingerprint density at radius 2 is 2.13 bits per heavy atom. The van der Waals surface area contributed by atoms with Crippen molar-refractivity contribution in [2.24, 2.45) is 5.41 Å². The number of carboxylic acids is 1. The fraction of sp³-hybridized carbons (Fsp3) is 0.524. The SMILES string of the molecule is CC(=O)O.CC(C)=CC[C@@]1(C(=O)NCc2noc(-c3ccco3)n2)C[C@@H]2CC[C@H]1N2. The average Bonchev–Trinajstić information content (AvgIpc) is 3.48. The van der Waals surface area contributed by atoms with E-state index in [0.29, 0.717) is 23.5 Å². The van der Waals surface area contributed by atoms with Gasteiger partial charge in [0.25, 0.3) is 11.9 Å². The van der Waals surface area contributed by atoms with Crippen molar-refractivity contribution in [1.82, 2.24) is 20.8 Å². The lowest BCUT2D eigenvalue weighted by molar-refractivity contribution is -0.134. The first-order valence-corrected chi connectivity index (χ1v) is 10.0. The highest BCUT2D eigenvalue weighted by Crippen LogP contribution is 2.46. The molecule has 2 aliphatic rings. The Balaban J connectivity index is 0.000000589. The Kier molecular flexibility index (Phi) is 6.71. The first kappa shape index (κ1) is 21.8. The van der Waals surface area contributed by atoms with Crippen molar-refractivity contribution in [3.63, 3.8) is 0 Å². The number of rotatable bonds is 6. The highest BCUT2D eigenvalue weighted by atomic mass is 16.5. The Morgan fingerprint density at radius 1 is 1.37 bits per heavy atom.